The lowest BCUT2D eigenvalue weighted by Crippen LogP contribution is -1.96. The molecule has 0 aliphatic rings. The number of aromatic nitrogens is 2. The van der Waals surface area contributed by atoms with Gasteiger partial charge in [0.2, 0.25) is 11.8 Å². The molecule has 0 atom stereocenters. The molecule has 102 valence electrons. The van der Waals surface area contributed by atoms with E-state index in [9.17, 15) is 8.42 Å². The van der Waals surface area contributed by atoms with E-state index in [1.807, 2.05) is 0 Å². The summed E-state index contributed by atoms with van der Waals surface area (Å²) in [7, 11) is -3.19. The van der Waals surface area contributed by atoms with E-state index < -0.39 is 9.84 Å². The molecule has 1 heterocycles. The van der Waals surface area contributed by atoms with Gasteiger partial charge in [-0.2, -0.15) is 0 Å². The Bertz CT molecular complexity index is 650. The molecule has 1 aromatic heterocycles. The normalized spacial score (nSPS) is 11.7. The van der Waals surface area contributed by atoms with Gasteiger partial charge in [0.05, 0.1) is 4.90 Å². The average molecular weight is 301 g/mol. The van der Waals surface area contributed by atoms with Gasteiger partial charge < -0.3 is 4.42 Å². The fourth-order valence-electron chi connectivity index (χ4n) is 1.53. The van der Waals surface area contributed by atoms with Crippen molar-refractivity contribution >= 4 is 21.4 Å². The Morgan fingerprint density at radius 3 is 2.47 bits per heavy atom. The highest BCUT2D eigenvalue weighted by Crippen LogP contribution is 2.20. The first-order valence-corrected chi connectivity index (χ1v) is 8.12. The molecule has 0 radical (unpaired) electrons. The standard InChI is InChI=1S/C12H13ClN2O3S/c1-19(16,17)10-6-4-9(5-7-10)12-15-14-11(18-12)3-2-8-13/h4-7H,2-3,8H2,1H3. The second-order valence-corrected chi connectivity index (χ2v) is 6.48. The van der Waals surface area contributed by atoms with Gasteiger partial charge in [0.15, 0.2) is 9.84 Å². The first-order chi connectivity index (χ1) is 9.00. The van der Waals surface area contributed by atoms with Gasteiger partial charge in [0.1, 0.15) is 0 Å². The van der Waals surface area contributed by atoms with E-state index >= 15 is 0 Å². The smallest absolute Gasteiger partial charge is 0.247 e. The maximum Gasteiger partial charge on any atom is 0.247 e. The molecule has 5 nitrogen and oxygen atoms in total. The highest BCUT2D eigenvalue weighted by atomic mass is 35.5. The molecule has 0 fully saturated rings. The molecule has 0 amide bonds. The van der Waals surface area contributed by atoms with E-state index in [4.69, 9.17) is 16.0 Å². The van der Waals surface area contributed by atoms with Crippen LogP contribution in [-0.2, 0) is 16.3 Å². The molecule has 0 unspecified atom stereocenters. The summed E-state index contributed by atoms with van der Waals surface area (Å²) >= 11 is 5.59. The van der Waals surface area contributed by atoms with Gasteiger partial charge in [0.25, 0.3) is 0 Å². The fourth-order valence-corrected chi connectivity index (χ4v) is 2.30. The number of benzene rings is 1. The molecule has 19 heavy (non-hydrogen) atoms. The Morgan fingerprint density at radius 2 is 1.89 bits per heavy atom. The van der Waals surface area contributed by atoms with E-state index in [1.165, 1.54) is 18.4 Å². The third-order valence-corrected chi connectivity index (χ3v) is 3.92. The molecule has 1 aromatic carbocycles. The zero-order valence-electron chi connectivity index (χ0n) is 10.3. The first-order valence-electron chi connectivity index (χ1n) is 5.69. The van der Waals surface area contributed by atoms with Crippen LogP contribution in [0.5, 0.6) is 0 Å². The topological polar surface area (TPSA) is 73.1 Å². The molecule has 2 rings (SSSR count). The van der Waals surface area contributed by atoms with Gasteiger partial charge in [-0.1, -0.05) is 0 Å². The molecular formula is C12H13ClN2O3S. The van der Waals surface area contributed by atoms with Gasteiger partial charge in [-0.3, -0.25) is 0 Å². The van der Waals surface area contributed by atoms with Crippen LogP contribution < -0.4 is 0 Å². The molecular weight excluding hydrogens is 288 g/mol. The van der Waals surface area contributed by atoms with Gasteiger partial charge in [-0.25, -0.2) is 8.42 Å². The van der Waals surface area contributed by atoms with Crippen LogP contribution in [0, 0.1) is 0 Å². The van der Waals surface area contributed by atoms with Crippen LogP contribution in [0.15, 0.2) is 33.6 Å². The lowest BCUT2D eigenvalue weighted by Gasteiger charge is -1.98. The quantitative estimate of drug-likeness (QED) is 0.792. The number of rotatable bonds is 5. The van der Waals surface area contributed by atoms with E-state index in [0.29, 0.717) is 29.6 Å². The molecule has 0 aliphatic heterocycles. The third kappa shape index (κ3) is 3.54. The zero-order valence-corrected chi connectivity index (χ0v) is 11.9. The summed E-state index contributed by atoms with van der Waals surface area (Å²) in [4.78, 5) is 0.262. The largest absolute Gasteiger partial charge is 0.421 e. The van der Waals surface area contributed by atoms with Crippen LogP contribution in [0.3, 0.4) is 0 Å². The Morgan fingerprint density at radius 1 is 1.21 bits per heavy atom. The lowest BCUT2D eigenvalue weighted by atomic mass is 10.2. The highest BCUT2D eigenvalue weighted by molar-refractivity contribution is 7.90. The van der Waals surface area contributed by atoms with Crippen molar-refractivity contribution in [2.45, 2.75) is 17.7 Å². The van der Waals surface area contributed by atoms with Crippen molar-refractivity contribution in [1.29, 1.82) is 0 Å². The third-order valence-electron chi connectivity index (χ3n) is 2.52. The molecule has 0 bridgehead atoms. The maximum atomic E-state index is 11.3. The molecule has 0 N–H and O–H groups in total. The van der Waals surface area contributed by atoms with Crippen molar-refractivity contribution in [3.8, 4) is 11.5 Å². The molecule has 2 aromatic rings. The Kier molecular flexibility index (Phi) is 4.21. The SMILES string of the molecule is CS(=O)(=O)c1ccc(-c2nnc(CCCCl)o2)cc1. The van der Waals surface area contributed by atoms with Crippen LogP contribution in [0.4, 0.5) is 0 Å². The molecule has 7 heteroatoms. The highest BCUT2D eigenvalue weighted by Gasteiger charge is 2.11. The molecule has 0 saturated carbocycles. The van der Waals surface area contributed by atoms with Crippen LogP contribution in [-0.4, -0.2) is 30.8 Å². The number of halogens is 1. The van der Waals surface area contributed by atoms with Crippen LogP contribution in [0.25, 0.3) is 11.5 Å². The van der Waals surface area contributed by atoms with E-state index in [0.717, 1.165) is 6.42 Å². The van der Waals surface area contributed by atoms with Crippen molar-refractivity contribution in [3.63, 3.8) is 0 Å². The molecule has 0 spiro atoms. The van der Waals surface area contributed by atoms with Crippen molar-refractivity contribution in [2.24, 2.45) is 0 Å². The lowest BCUT2D eigenvalue weighted by molar-refractivity contribution is 0.502. The minimum absolute atomic E-state index is 0.262. The first kappa shape index (κ1) is 14.0. The summed E-state index contributed by atoms with van der Waals surface area (Å²) in [6.45, 7) is 0. The maximum absolute atomic E-state index is 11.3. The Balaban J connectivity index is 2.20. The van der Waals surface area contributed by atoms with Gasteiger partial charge in [-0.15, -0.1) is 21.8 Å². The van der Waals surface area contributed by atoms with Gasteiger partial charge in [0, 0.05) is 24.1 Å². The minimum Gasteiger partial charge on any atom is -0.421 e. The summed E-state index contributed by atoms with van der Waals surface area (Å²) in [6.07, 6.45) is 2.58. The summed E-state index contributed by atoms with van der Waals surface area (Å²) in [6, 6.07) is 6.34. The van der Waals surface area contributed by atoms with E-state index in [2.05, 4.69) is 10.2 Å². The number of alkyl halides is 1. The number of sulfone groups is 1. The fraction of sp³-hybridized carbons (Fsp3) is 0.333. The second kappa shape index (κ2) is 5.71. The number of nitrogens with zero attached hydrogens (tertiary/aromatic N) is 2. The Labute approximate surface area is 116 Å². The predicted molar refractivity (Wildman–Crippen MR) is 71.9 cm³/mol. The van der Waals surface area contributed by atoms with E-state index in [-0.39, 0.29) is 4.90 Å². The molecule has 0 aliphatic carbocycles. The average Bonchev–Trinajstić information content (AvgIpc) is 2.84. The minimum atomic E-state index is -3.19. The zero-order chi connectivity index (χ0) is 13.9. The summed E-state index contributed by atoms with van der Waals surface area (Å²) < 4.78 is 28.1. The van der Waals surface area contributed by atoms with Crippen LogP contribution >= 0.6 is 11.6 Å². The number of hydrogen-bond donors (Lipinski definition) is 0. The number of hydrogen-bond acceptors (Lipinski definition) is 5. The monoisotopic (exact) mass is 300 g/mol. The van der Waals surface area contributed by atoms with Crippen molar-refractivity contribution in [2.75, 3.05) is 12.1 Å². The second-order valence-electron chi connectivity index (χ2n) is 4.09. The molecule has 0 saturated heterocycles. The van der Waals surface area contributed by atoms with Crippen LogP contribution in [0.1, 0.15) is 12.3 Å². The summed E-state index contributed by atoms with van der Waals surface area (Å²) in [5.74, 6) is 1.45. The number of aryl methyl sites for hydroxylation is 1. The van der Waals surface area contributed by atoms with Crippen molar-refractivity contribution in [3.05, 3.63) is 30.2 Å². The predicted octanol–water partition coefficient (Wildman–Crippen LogP) is 2.31. The van der Waals surface area contributed by atoms with Gasteiger partial charge in [-0.05, 0) is 30.7 Å². The van der Waals surface area contributed by atoms with E-state index in [1.54, 1.807) is 12.1 Å². The van der Waals surface area contributed by atoms with Crippen LogP contribution in [0.2, 0.25) is 0 Å². The van der Waals surface area contributed by atoms with Crippen molar-refractivity contribution < 1.29 is 12.8 Å². The van der Waals surface area contributed by atoms with Gasteiger partial charge >= 0.3 is 0 Å². The Hall–Kier alpha value is -1.40. The van der Waals surface area contributed by atoms with Crippen molar-refractivity contribution in [1.82, 2.24) is 10.2 Å². The summed E-state index contributed by atoms with van der Waals surface area (Å²) in [5, 5.41) is 7.83. The summed E-state index contributed by atoms with van der Waals surface area (Å²) in [5.41, 5.74) is 0.692.